The highest BCUT2D eigenvalue weighted by molar-refractivity contribution is 5.97. The molecule has 198 valence electrons. The maximum Gasteiger partial charge on any atom is 0.278 e. The number of carbonyl (C=O) groups is 1. The van der Waals surface area contributed by atoms with E-state index in [4.69, 9.17) is 4.74 Å². The van der Waals surface area contributed by atoms with Crippen LogP contribution in [-0.2, 0) is 0 Å². The normalized spacial score (nSPS) is 17.0. The number of carbonyl (C=O) groups excluding carboxylic acids is 1. The molecule has 0 saturated heterocycles. The number of aryl methyl sites for hydroxylation is 1. The van der Waals surface area contributed by atoms with Crippen molar-refractivity contribution in [2.24, 2.45) is 0 Å². The van der Waals surface area contributed by atoms with Gasteiger partial charge in [0.2, 0.25) is 11.2 Å². The minimum Gasteiger partial charge on any atom is -0.502 e. The van der Waals surface area contributed by atoms with Crippen LogP contribution in [0.25, 0.3) is 0 Å². The Hall–Kier alpha value is -4.14. The Kier molecular flexibility index (Phi) is 6.46. The Morgan fingerprint density at radius 3 is 2.50 bits per heavy atom. The number of hydrogen-bond acceptors (Lipinski definition) is 5. The van der Waals surface area contributed by atoms with E-state index in [9.17, 15) is 19.1 Å². The largest absolute Gasteiger partial charge is 0.502 e. The second-order valence-electron chi connectivity index (χ2n) is 9.67. The predicted octanol–water partition coefficient (Wildman–Crippen LogP) is 4.79. The number of rotatable bonds is 7. The summed E-state index contributed by atoms with van der Waals surface area (Å²) in [6.07, 6.45) is 5.39. The summed E-state index contributed by atoms with van der Waals surface area (Å²) < 4.78 is 36.6. The molecule has 3 aromatic rings. The molecule has 7 nitrogen and oxygen atoms in total. The summed E-state index contributed by atoms with van der Waals surface area (Å²) in [4.78, 5) is 27.8. The van der Waals surface area contributed by atoms with Gasteiger partial charge in [0.1, 0.15) is 12.7 Å². The average molecular weight is 522 g/mol. The zero-order valence-electron chi connectivity index (χ0n) is 21.3. The van der Waals surface area contributed by atoms with Gasteiger partial charge in [-0.2, -0.15) is 4.39 Å². The third-order valence-corrected chi connectivity index (χ3v) is 7.65. The van der Waals surface area contributed by atoms with Crippen molar-refractivity contribution in [2.75, 3.05) is 18.3 Å². The lowest BCUT2D eigenvalue weighted by Gasteiger charge is -2.54. The van der Waals surface area contributed by atoms with Crippen LogP contribution in [0.2, 0.25) is 0 Å². The topological polar surface area (TPSA) is 75.0 Å². The number of amides is 1. The molecule has 9 heteroatoms. The van der Waals surface area contributed by atoms with E-state index in [1.165, 1.54) is 23.0 Å². The monoisotopic (exact) mass is 521 g/mol. The van der Waals surface area contributed by atoms with Crippen molar-refractivity contribution < 1.29 is 23.4 Å². The van der Waals surface area contributed by atoms with Gasteiger partial charge in [0.25, 0.3) is 5.91 Å². The Morgan fingerprint density at radius 2 is 1.87 bits per heavy atom. The number of aromatic hydroxyl groups is 1. The van der Waals surface area contributed by atoms with E-state index < -0.39 is 40.3 Å². The summed E-state index contributed by atoms with van der Waals surface area (Å²) in [6.45, 7) is 7.68. The van der Waals surface area contributed by atoms with E-state index in [2.05, 4.69) is 6.58 Å². The fourth-order valence-corrected chi connectivity index (χ4v) is 5.44. The lowest BCUT2D eigenvalue weighted by Crippen LogP contribution is -2.64. The smallest absolute Gasteiger partial charge is 0.278 e. The van der Waals surface area contributed by atoms with Crippen molar-refractivity contribution in [1.82, 2.24) is 9.58 Å². The van der Waals surface area contributed by atoms with Gasteiger partial charge in [0.15, 0.2) is 23.0 Å². The first-order chi connectivity index (χ1) is 18.2. The van der Waals surface area contributed by atoms with Gasteiger partial charge in [-0.25, -0.2) is 4.39 Å². The first kappa shape index (κ1) is 25.5. The van der Waals surface area contributed by atoms with Crippen molar-refractivity contribution in [3.8, 4) is 11.5 Å². The highest BCUT2D eigenvalue weighted by Crippen LogP contribution is 2.44. The molecule has 1 atom stereocenters. The van der Waals surface area contributed by atoms with Crippen molar-refractivity contribution >= 4 is 5.91 Å². The molecule has 0 unspecified atom stereocenters. The number of hydrogen-bond donors (Lipinski definition) is 1. The van der Waals surface area contributed by atoms with Crippen LogP contribution in [0.5, 0.6) is 11.5 Å². The third kappa shape index (κ3) is 3.84. The molecule has 1 fully saturated rings. The summed E-state index contributed by atoms with van der Waals surface area (Å²) in [5, 5.41) is 12.6. The minimum atomic E-state index is -1.11. The summed E-state index contributed by atoms with van der Waals surface area (Å²) in [5.74, 6) is -3.58. The average Bonchev–Trinajstić information content (AvgIpc) is 2.88. The third-order valence-electron chi connectivity index (χ3n) is 7.65. The molecular formula is C29H29F2N3O4. The van der Waals surface area contributed by atoms with Crippen molar-refractivity contribution in [2.45, 2.75) is 44.7 Å². The molecular weight excluding hydrogens is 492 g/mol. The Morgan fingerprint density at radius 1 is 1.13 bits per heavy atom. The number of ether oxygens (including phenoxy) is 1. The van der Waals surface area contributed by atoms with Crippen LogP contribution in [0.3, 0.4) is 0 Å². The Balaban J connectivity index is 1.81. The maximum absolute atomic E-state index is 15.2. The highest BCUT2D eigenvalue weighted by atomic mass is 19.2. The van der Waals surface area contributed by atoms with E-state index in [1.54, 1.807) is 22.9 Å². The van der Waals surface area contributed by atoms with Gasteiger partial charge in [0, 0.05) is 17.8 Å². The SMILES string of the molecule is C=CC1(N2CN([C@@H](c3ccccc3C)c3ccc(F)c(F)c3OCC)n3ccc(=O)c(O)c3C2=O)CCC1. The van der Waals surface area contributed by atoms with Crippen molar-refractivity contribution in [1.29, 1.82) is 0 Å². The molecule has 1 saturated carbocycles. The van der Waals surface area contributed by atoms with Gasteiger partial charge in [-0.15, -0.1) is 6.58 Å². The molecule has 2 aromatic carbocycles. The number of aromatic nitrogens is 1. The van der Waals surface area contributed by atoms with Gasteiger partial charge < -0.3 is 14.7 Å². The van der Waals surface area contributed by atoms with Crippen LogP contribution in [0.15, 0.2) is 66.1 Å². The number of pyridine rings is 1. The summed E-state index contributed by atoms with van der Waals surface area (Å²) in [5.41, 5.74) is 0.395. The van der Waals surface area contributed by atoms with Gasteiger partial charge >= 0.3 is 0 Å². The van der Waals surface area contributed by atoms with Crippen LogP contribution in [0.4, 0.5) is 8.78 Å². The second kappa shape index (κ2) is 9.63. The van der Waals surface area contributed by atoms with Gasteiger partial charge in [0.05, 0.1) is 12.1 Å². The first-order valence-corrected chi connectivity index (χ1v) is 12.6. The standard InChI is InChI=1S/C29H29F2N3O4/c1-4-29(14-8-15-29)32-17-34(33-16-13-22(35)26(36)25(33)28(32)37)24(19-10-7-6-9-18(19)3)20-11-12-21(30)23(31)27(20)38-5-2/h4,6-7,9-13,16,24,36H,1,5,8,14-15,17H2,2-3H3/t24-/m0/s1. The fraction of sp³-hybridized carbons (Fsp3) is 0.310. The molecule has 1 N–H and O–H groups in total. The molecule has 1 aliphatic carbocycles. The van der Waals surface area contributed by atoms with Crippen LogP contribution in [-0.4, -0.2) is 39.4 Å². The second-order valence-corrected chi connectivity index (χ2v) is 9.67. The molecule has 1 aliphatic heterocycles. The Bertz CT molecular complexity index is 1480. The molecule has 5 rings (SSSR count). The molecule has 2 aliphatic rings. The lowest BCUT2D eigenvalue weighted by molar-refractivity contribution is 0.0256. The predicted molar refractivity (Wildman–Crippen MR) is 139 cm³/mol. The van der Waals surface area contributed by atoms with Crippen LogP contribution < -0.4 is 15.2 Å². The maximum atomic E-state index is 15.2. The van der Waals surface area contributed by atoms with Crippen LogP contribution in [0.1, 0.15) is 59.4 Å². The Labute approximate surface area is 219 Å². The fourth-order valence-electron chi connectivity index (χ4n) is 5.44. The molecule has 1 amide bonds. The van der Waals surface area contributed by atoms with E-state index in [0.29, 0.717) is 18.4 Å². The molecule has 1 aromatic heterocycles. The number of fused-ring (bicyclic) bond motifs is 1. The molecule has 0 bridgehead atoms. The van der Waals surface area contributed by atoms with Crippen molar-refractivity contribution in [3.63, 3.8) is 0 Å². The van der Waals surface area contributed by atoms with Gasteiger partial charge in [-0.05, 0) is 56.4 Å². The quantitative estimate of drug-likeness (QED) is 0.453. The lowest BCUT2D eigenvalue weighted by atomic mass is 9.75. The summed E-state index contributed by atoms with van der Waals surface area (Å²) in [6, 6.07) is 10.4. The summed E-state index contributed by atoms with van der Waals surface area (Å²) >= 11 is 0. The number of nitrogens with zero attached hydrogens (tertiary/aromatic N) is 3. The number of halogens is 2. The van der Waals surface area contributed by atoms with E-state index in [0.717, 1.165) is 23.6 Å². The van der Waals surface area contributed by atoms with E-state index in [-0.39, 0.29) is 24.7 Å². The van der Waals surface area contributed by atoms with Crippen LogP contribution in [0, 0.1) is 18.6 Å². The molecule has 2 heterocycles. The zero-order valence-corrected chi connectivity index (χ0v) is 21.3. The van der Waals surface area contributed by atoms with Crippen LogP contribution >= 0.6 is 0 Å². The van der Waals surface area contributed by atoms with Gasteiger partial charge in [-0.1, -0.05) is 30.3 Å². The van der Waals surface area contributed by atoms with E-state index in [1.807, 2.05) is 31.2 Å². The summed E-state index contributed by atoms with van der Waals surface area (Å²) in [7, 11) is 0. The number of benzene rings is 2. The zero-order chi connectivity index (χ0) is 27.2. The van der Waals surface area contributed by atoms with Gasteiger partial charge in [-0.3, -0.25) is 19.3 Å². The molecule has 0 radical (unpaired) electrons. The minimum absolute atomic E-state index is 0.0315. The molecule has 0 spiro atoms. The molecule has 38 heavy (non-hydrogen) atoms. The highest BCUT2D eigenvalue weighted by Gasteiger charge is 2.48. The van der Waals surface area contributed by atoms with E-state index >= 15 is 4.39 Å². The first-order valence-electron chi connectivity index (χ1n) is 12.6. The van der Waals surface area contributed by atoms with Crippen molar-refractivity contribution in [3.05, 3.63) is 106 Å².